The topological polar surface area (TPSA) is 45.1 Å². The number of nitrogens with zero attached hydrogens (tertiary/aromatic N) is 1. The molecule has 0 bridgehead atoms. The molecule has 1 heterocycles. The minimum Gasteiger partial charge on any atom is -0.395 e. The van der Waals surface area contributed by atoms with Crippen LogP contribution in [0.15, 0.2) is 18.3 Å². The third kappa shape index (κ3) is 3.85. The number of hydrogen-bond donors (Lipinski definition) is 2. The van der Waals surface area contributed by atoms with Crippen LogP contribution in [-0.4, -0.2) is 23.2 Å². The number of pyridine rings is 1. The largest absolute Gasteiger partial charge is 0.417 e. The Kier molecular flexibility index (Phi) is 4.05. The smallest absolute Gasteiger partial charge is 0.395 e. The summed E-state index contributed by atoms with van der Waals surface area (Å²) in [6.07, 6.45) is -3.54. The van der Waals surface area contributed by atoms with Crippen molar-refractivity contribution in [2.24, 2.45) is 0 Å². The van der Waals surface area contributed by atoms with Crippen LogP contribution in [0.4, 0.5) is 13.2 Å². The number of aliphatic hydroxyl groups is 1. The lowest BCUT2D eigenvalue weighted by Gasteiger charge is -2.07. The minimum absolute atomic E-state index is 0.0133. The van der Waals surface area contributed by atoms with E-state index in [2.05, 4.69) is 10.3 Å². The molecule has 2 N–H and O–H groups in total. The molecule has 1 aromatic rings. The molecule has 84 valence electrons. The van der Waals surface area contributed by atoms with Crippen LogP contribution in [0.1, 0.15) is 11.3 Å². The normalized spacial score (nSPS) is 11.7. The van der Waals surface area contributed by atoms with Gasteiger partial charge >= 0.3 is 6.18 Å². The zero-order chi connectivity index (χ0) is 11.3. The lowest BCUT2D eigenvalue weighted by atomic mass is 10.2. The first-order chi connectivity index (χ1) is 7.04. The molecule has 0 spiro atoms. The molecule has 3 nitrogen and oxygen atoms in total. The molecule has 0 radical (unpaired) electrons. The van der Waals surface area contributed by atoms with Gasteiger partial charge in [0.1, 0.15) is 0 Å². The maximum atomic E-state index is 12.1. The van der Waals surface area contributed by atoms with Gasteiger partial charge in [-0.2, -0.15) is 13.2 Å². The number of halogens is 3. The van der Waals surface area contributed by atoms with Crippen LogP contribution in [0.25, 0.3) is 0 Å². The summed E-state index contributed by atoms with van der Waals surface area (Å²) in [4.78, 5) is 3.65. The molecule has 0 aliphatic carbocycles. The van der Waals surface area contributed by atoms with E-state index in [1.54, 1.807) is 0 Å². The molecule has 0 aliphatic heterocycles. The SMILES string of the molecule is OCCNCc1ccc(C(F)(F)F)cn1. The van der Waals surface area contributed by atoms with E-state index in [4.69, 9.17) is 5.11 Å². The fourth-order valence-electron chi connectivity index (χ4n) is 0.992. The summed E-state index contributed by atoms with van der Waals surface area (Å²) in [5.41, 5.74) is -0.246. The van der Waals surface area contributed by atoms with Crippen molar-refractivity contribution in [2.45, 2.75) is 12.7 Å². The van der Waals surface area contributed by atoms with Gasteiger partial charge in [-0.15, -0.1) is 0 Å². The van der Waals surface area contributed by atoms with Crippen LogP contribution in [0.2, 0.25) is 0 Å². The third-order valence-electron chi connectivity index (χ3n) is 1.75. The van der Waals surface area contributed by atoms with Crippen LogP contribution in [0.3, 0.4) is 0 Å². The summed E-state index contributed by atoms with van der Waals surface area (Å²) in [7, 11) is 0. The highest BCUT2D eigenvalue weighted by molar-refractivity contribution is 5.16. The predicted molar refractivity (Wildman–Crippen MR) is 48.0 cm³/mol. The molecule has 15 heavy (non-hydrogen) atoms. The highest BCUT2D eigenvalue weighted by atomic mass is 19.4. The molecule has 1 aromatic heterocycles. The van der Waals surface area contributed by atoms with Crippen molar-refractivity contribution >= 4 is 0 Å². The Morgan fingerprint density at radius 3 is 2.53 bits per heavy atom. The van der Waals surface area contributed by atoms with E-state index in [0.717, 1.165) is 12.3 Å². The Bertz CT molecular complexity index is 297. The number of aliphatic hydroxyl groups excluding tert-OH is 1. The Hall–Kier alpha value is -1.14. The van der Waals surface area contributed by atoms with Crippen molar-refractivity contribution in [3.8, 4) is 0 Å². The van der Waals surface area contributed by atoms with Gasteiger partial charge in [0.25, 0.3) is 0 Å². The summed E-state index contributed by atoms with van der Waals surface area (Å²) < 4.78 is 36.4. The maximum absolute atomic E-state index is 12.1. The zero-order valence-electron chi connectivity index (χ0n) is 7.88. The molecule has 0 unspecified atom stereocenters. The molecule has 0 aliphatic rings. The summed E-state index contributed by atoms with van der Waals surface area (Å²) >= 11 is 0. The molecule has 0 amide bonds. The second-order valence-electron chi connectivity index (χ2n) is 2.94. The monoisotopic (exact) mass is 220 g/mol. The van der Waals surface area contributed by atoms with Gasteiger partial charge in [-0.25, -0.2) is 0 Å². The minimum atomic E-state index is -4.34. The number of hydrogen-bond acceptors (Lipinski definition) is 3. The lowest BCUT2D eigenvalue weighted by Crippen LogP contribution is -2.18. The van der Waals surface area contributed by atoms with E-state index in [-0.39, 0.29) is 6.61 Å². The highest BCUT2D eigenvalue weighted by Gasteiger charge is 2.30. The number of rotatable bonds is 4. The summed E-state index contributed by atoms with van der Waals surface area (Å²) in [5, 5.41) is 11.3. The van der Waals surface area contributed by atoms with E-state index >= 15 is 0 Å². The molecule has 0 aromatic carbocycles. The Morgan fingerprint density at radius 1 is 1.33 bits per heavy atom. The first kappa shape index (κ1) is 11.9. The van der Waals surface area contributed by atoms with Crippen LogP contribution in [-0.2, 0) is 12.7 Å². The van der Waals surface area contributed by atoms with E-state index < -0.39 is 11.7 Å². The fourth-order valence-corrected chi connectivity index (χ4v) is 0.992. The maximum Gasteiger partial charge on any atom is 0.417 e. The number of alkyl halides is 3. The van der Waals surface area contributed by atoms with E-state index in [0.29, 0.717) is 18.8 Å². The average molecular weight is 220 g/mol. The molecular weight excluding hydrogens is 209 g/mol. The number of nitrogens with one attached hydrogen (secondary N) is 1. The summed E-state index contributed by atoms with van der Waals surface area (Å²) in [5.74, 6) is 0. The van der Waals surface area contributed by atoms with Gasteiger partial charge < -0.3 is 10.4 Å². The van der Waals surface area contributed by atoms with E-state index in [9.17, 15) is 13.2 Å². The predicted octanol–water partition coefficient (Wildman–Crippen LogP) is 1.18. The van der Waals surface area contributed by atoms with Crippen molar-refractivity contribution in [1.82, 2.24) is 10.3 Å². The van der Waals surface area contributed by atoms with Crippen LogP contribution in [0.5, 0.6) is 0 Å². The van der Waals surface area contributed by atoms with Gasteiger partial charge in [0.2, 0.25) is 0 Å². The first-order valence-electron chi connectivity index (χ1n) is 4.37. The Morgan fingerprint density at radius 2 is 2.07 bits per heavy atom. The number of aromatic nitrogens is 1. The van der Waals surface area contributed by atoms with Crippen molar-refractivity contribution in [3.63, 3.8) is 0 Å². The fraction of sp³-hybridized carbons (Fsp3) is 0.444. The highest BCUT2D eigenvalue weighted by Crippen LogP contribution is 2.28. The van der Waals surface area contributed by atoms with Crippen LogP contribution < -0.4 is 5.32 Å². The molecule has 0 fully saturated rings. The quantitative estimate of drug-likeness (QED) is 0.749. The van der Waals surface area contributed by atoms with Gasteiger partial charge in [0.15, 0.2) is 0 Å². The van der Waals surface area contributed by atoms with Gasteiger partial charge in [0.05, 0.1) is 17.9 Å². The summed E-state index contributed by atoms with van der Waals surface area (Å²) in [6, 6.07) is 2.30. The molecule has 0 saturated carbocycles. The second-order valence-corrected chi connectivity index (χ2v) is 2.94. The van der Waals surface area contributed by atoms with Gasteiger partial charge in [0, 0.05) is 19.3 Å². The van der Waals surface area contributed by atoms with Gasteiger partial charge in [-0.1, -0.05) is 0 Å². The van der Waals surface area contributed by atoms with E-state index in [1.807, 2.05) is 0 Å². The molecule has 0 atom stereocenters. The van der Waals surface area contributed by atoms with Crippen molar-refractivity contribution < 1.29 is 18.3 Å². The third-order valence-corrected chi connectivity index (χ3v) is 1.75. The second kappa shape index (κ2) is 5.09. The molecular formula is C9H11F3N2O. The van der Waals surface area contributed by atoms with Crippen molar-refractivity contribution in [3.05, 3.63) is 29.6 Å². The van der Waals surface area contributed by atoms with Gasteiger partial charge in [-0.3, -0.25) is 4.98 Å². The zero-order valence-corrected chi connectivity index (χ0v) is 7.88. The van der Waals surface area contributed by atoms with Crippen molar-refractivity contribution in [2.75, 3.05) is 13.2 Å². The standard InChI is InChI=1S/C9H11F3N2O/c10-9(11,12)7-1-2-8(14-5-7)6-13-3-4-15/h1-2,5,13,15H,3-4,6H2. The van der Waals surface area contributed by atoms with Crippen LogP contribution in [0, 0.1) is 0 Å². The molecule has 0 saturated heterocycles. The molecule has 1 rings (SSSR count). The van der Waals surface area contributed by atoms with Crippen molar-refractivity contribution in [1.29, 1.82) is 0 Å². The average Bonchev–Trinajstić information content (AvgIpc) is 2.18. The lowest BCUT2D eigenvalue weighted by molar-refractivity contribution is -0.137. The Balaban J connectivity index is 2.57. The summed E-state index contributed by atoms with van der Waals surface area (Å²) in [6.45, 7) is 0.724. The van der Waals surface area contributed by atoms with E-state index in [1.165, 1.54) is 6.07 Å². The molecule has 6 heteroatoms. The van der Waals surface area contributed by atoms with Crippen LogP contribution >= 0.6 is 0 Å². The van der Waals surface area contributed by atoms with Gasteiger partial charge in [-0.05, 0) is 12.1 Å². The Labute approximate surface area is 85.0 Å². The first-order valence-corrected chi connectivity index (χ1v) is 4.37.